The molecule has 1 unspecified atom stereocenters. The van der Waals surface area contributed by atoms with Crippen molar-refractivity contribution < 1.29 is 14.3 Å². The Morgan fingerprint density at radius 3 is 3.11 bits per heavy atom. The van der Waals surface area contributed by atoms with Gasteiger partial charge in [-0.15, -0.1) is 0 Å². The van der Waals surface area contributed by atoms with Gasteiger partial charge in [0.1, 0.15) is 5.58 Å². The highest BCUT2D eigenvalue weighted by molar-refractivity contribution is 5.88. The van der Waals surface area contributed by atoms with Crippen LogP contribution in [0.15, 0.2) is 28.9 Å². The first-order valence-electron chi connectivity index (χ1n) is 6.56. The van der Waals surface area contributed by atoms with E-state index in [-0.39, 0.29) is 12.0 Å². The summed E-state index contributed by atoms with van der Waals surface area (Å²) in [4.78, 5) is 13.9. The van der Waals surface area contributed by atoms with Gasteiger partial charge >= 0.3 is 0 Å². The van der Waals surface area contributed by atoms with Crippen molar-refractivity contribution in [3.8, 4) is 0 Å². The van der Waals surface area contributed by atoms with Gasteiger partial charge in [-0.3, -0.25) is 4.79 Å². The maximum Gasteiger partial charge on any atom is 0.227 e. The second kappa shape index (κ2) is 4.70. The lowest BCUT2D eigenvalue weighted by molar-refractivity contribution is -0.129. The highest BCUT2D eigenvalue weighted by Crippen LogP contribution is 2.23. The van der Waals surface area contributed by atoms with Crippen molar-refractivity contribution in [3.63, 3.8) is 0 Å². The summed E-state index contributed by atoms with van der Waals surface area (Å²) in [6.07, 6.45) is 2.31. The molecule has 0 bridgehead atoms. The number of amides is 1. The number of fused-ring (bicyclic) bond motifs is 1. The predicted octanol–water partition coefficient (Wildman–Crippen LogP) is 1.88. The van der Waals surface area contributed by atoms with E-state index in [1.807, 2.05) is 25.1 Å². The highest BCUT2D eigenvalue weighted by Gasteiger charge is 2.25. The number of aliphatic hydroxyl groups excluding tert-OH is 1. The molecule has 0 radical (unpaired) electrons. The van der Waals surface area contributed by atoms with Crippen LogP contribution in [0.5, 0.6) is 0 Å². The van der Waals surface area contributed by atoms with Gasteiger partial charge in [0, 0.05) is 24.0 Å². The van der Waals surface area contributed by atoms with Crippen LogP contribution < -0.4 is 0 Å². The third kappa shape index (κ3) is 2.36. The first-order valence-corrected chi connectivity index (χ1v) is 6.56. The second-order valence-electron chi connectivity index (χ2n) is 5.22. The monoisotopic (exact) mass is 259 g/mol. The molecule has 3 rings (SSSR count). The van der Waals surface area contributed by atoms with Crippen LogP contribution in [0.1, 0.15) is 17.5 Å². The van der Waals surface area contributed by atoms with Gasteiger partial charge in [-0.1, -0.05) is 12.1 Å². The van der Waals surface area contributed by atoms with E-state index in [4.69, 9.17) is 4.42 Å². The molecule has 1 saturated heterocycles. The summed E-state index contributed by atoms with van der Waals surface area (Å²) in [7, 11) is 0. The molecule has 0 saturated carbocycles. The summed E-state index contributed by atoms with van der Waals surface area (Å²) in [5.74, 6) is 0.0554. The second-order valence-corrected chi connectivity index (χ2v) is 5.22. The van der Waals surface area contributed by atoms with E-state index in [2.05, 4.69) is 0 Å². The zero-order valence-corrected chi connectivity index (χ0v) is 10.9. The normalized spacial score (nSPS) is 19.3. The quantitative estimate of drug-likeness (QED) is 0.896. The molecule has 1 aromatic carbocycles. The van der Waals surface area contributed by atoms with Gasteiger partial charge in [-0.05, 0) is 25.0 Å². The molecule has 1 aromatic heterocycles. The summed E-state index contributed by atoms with van der Waals surface area (Å²) >= 11 is 0. The number of β-amino-alcohol motifs (C(OH)–C–C–N with tert-alkyl or cyclic N) is 1. The SMILES string of the molecule is Cc1ccc2c(CC(=O)N3CCC(O)C3)coc2c1. The first kappa shape index (κ1) is 12.2. The van der Waals surface area contributed by atoms with Crippen molar-refractivity contribution in [2.75, 3.05) is 13.1 Å². The number of rotatable bonds is 2. The van der Waals surface area contributed by atoms with E-state index in [1.54, 1.807) is 11.2 Å². The Balaban J connectivity index is 1.80. The number of likely N-dealkylation sites (tertiary alicyclic amines) is 1. The van der Waals surface area contributed by atoms with Crippen LogP contribution in [0, 0.1) is 6.92 Å². The molecule has 0 spiro atoms. The largest absolute Gasteiger partial charge is 0.464 e. The highest BCUT2D eigenvalue weighted by atomic mass is 16.3. The Bertz CT molecular complexity index is 617. The first-order chi connectivity index (χ1) is 9.13. The van der Waals surface area contributed by atoms with E-state index in [9.17, 15) is 9.90 Å². The Kier molecular flexibility index (Phi) is 3.03. The van der Waals surface area contributed by atoms with Crippen LogP contribution in [-0.4, -0.2) is 35.1 Å². The molecule has 4 heteroatoms. The average Bonchev–Trinajstić information content (AvgIpc) is 2.96. The van der Waals surface area contributed by atoms with E-state index < -0.39 is 0 Å². The number of nitrogens with zero attached hydrogens (tertiary/aromatic N) is 1. The summed E-state index contributed by atoms with van der Waals surface area (Å²) in [5.41, 5.74) is 2.88. The van der Waals surface area contributed by atoms with Crippen molar-refractivity contribution in [1.82, 2.24) is 4.90 Å². The Hall–Kier alpha value is -1.81. The molecule has 100 valence electrons. The molecule has 1 fully saturated rings. The molecule has 1 aliphatic rings. The number of hydrogen-bond donors (Lipinski definition) is 1. The fourth-order valence-corrected chi connectivity index (χ4v) is 2.57. The van der Waals surface area contributed by atoms with Crippen LogP contribution in [-0.2, 0) is 11.2 Å². The smallest absolute Gasteiger partial charge is 0.227 e. The van der Waals surface area contributed by atoms with Crippen LogP contribution in [0.2, 0.25) is 0 Å². The van der Waals surface area contributed by atoms with Gasteiger partial charge < -0.3 is 14.4 Å². The summed E-state index contributed by atoms with van der Waals surface area (Å²) in [6.45, 7) is 3.11. The Morgan fingerprint density at radius 1 is 1.53 bits per heavy atom. The fourth-order valence-electron chi connectivity index (χ4n) is 2.57. The van der Waals surface area contributed by atoms with E-state index in [0.717, 1.165) is 22.1 Å². The minimum Gasteiger partial charge on any atom is -0.464 e. The number of hydrogen-bond acceptors (Lipinski definition) is 3. The van der Waals surface area contributed by atoms with Gasteiger partial charge in [-0.25, -0.2) is 0 Å². The molecule has 19 heavy (non-hydrogen) atoms. The van der Waals surface area contributed by atoms with Crippen LogP contribution >= 0.6 is 0 Å². The summed E-state index contributed by atoms with van der Waals surface area (Å²) < 4.78 is 5.49. The number of furan rings is 1. The van der Waals surface area contributed by atoms with Gasteiger partial charge in [0.2, 0.25) is 5.91 Å². The number of carbonyl (C=O) groups is 1. The van der Waals surface area contributed by atoms with Crippen molar-refractivity contribution in [3.05, 3.63) is 35.6 Å². The maximum atomic E-state index is 12.1. The van der Waals surface area contributed by atoms with Crippen molar-refractivity contribution in [2.45, 2.75) is 25.9 Å². The minimum atomic E-state index is -0.368. The van der Waals surface area contributed by atoms with Gasteiger partial charge in [0.15, 0.2) is 0 Å². The zero-order chi connectivity index (χ0) is 13.4. The van der Waals surface area contributed by atoms with Crippen molar-refractivity contribution >= 4 is 16.9 Å². The number of carbonyl (C=O) groups excluding carboxylic acids is 1. The van der Waals surface area contributed by atoms with Crippen molar-refractivity contribution in [1.29, 1.82) is 0 Å². The van der Waals surface area contributed by atoms with Crippen LogP contribution in [0.25, 0.3) is 11.0 Å². The van der Waals surface area contributed by atoms with E-state index in [1.165, 1.54) is 0 Å². The Morgan fingerprint density at radius 2 is 2.37 bits per heavy atom. The van der Waals surface area contributed by atoms with Crippen LogP contribution in [0.4, 0.5) is 0 Å². The minimum absolute atomic E-state index is 0.0554. The molecule has 0 aliphatic carbocycles. The van der Waals surface area contributed by atoms with Gasteiger partial charge in [0.05, 0.1) is 18.8 Å². The van der Waals surface area contributed by atoms with E-state index in [0.29, 0.717) is 25.9 Å². The summed E-state index contributed by atoms with van der Waals surface area (Å²) in [5, 5.41) is 10.5. The topological polar surface area (TPSA) is 53.7 Å². The molecule has 1 N–H and O–H groups in total. The average molecular weight is 259 g/mol. The molecule has 1 amide bonds. The lowest BCUT2D eigenvalue weighted by Gasteiger charge is -2.14. The lowest BCUT2D eigenvalue weighted by atomic mass is 10.1. The maximum absolute atomic E-state index is 12.1. The molecular formula is C15H17NO3. The third-order valence-corrected chi connectivity index (χ3v) is 3.67. The van der Waals surface area contributed by atoms with E-state index >= 15 is 0 Å². The molecule has 2 heterocycles. The third-order valence-electron chi connectivity index (χ3n) is 3.67. The standard InChI is InChI=1S/C15H17NO3/c1-10-2-3-13-11(9-19-14(13)6-10)7-15(18)16-5-4-12(17)8-16/h2-3,6,9,12,17H,4-5,7-8H2,1H3. The van der Waals surface area contributed by atoms with Gasteiger partial charge in [0.25, 0.3) is 0 Å². The molecule has 1 aliphatic heterocycles. The molecule has 4 nitrogen and oxygen atoms in total. The van der Waals surface area contributed by atoms with Crippen molar-refractivity contribution in [2.24, 2.45) is 0 Å². The zero-order valence-electron chi connectivity index (χ0n) is 10.9. The molecule has 2 aromatic rings. The number of aryl methyl sites for hydroxylation is 1. The summed E-state index contributed by atoms with van der Waals surface area (Å²) in [6, 6.07) is 5.99. The molecular weight excluding hydrogens is 242 g/mol. The van der Waals surface area contributed by atoms with Crippen LogP contribution in [0.3, 0.4) is 0 Å². The van der Waals surface area contributed by atoms with Gasteiger partial charge in [-0.2, -0.15) is 0 Å². The number of benzene rings is 1. The fraction of sp³-hybridized carbons (Fsp3) is 0.400. The number of aliphatic hydroxyl groups is 1. The lowest BCUT2D eigenvalue weighted by Crippen LogP contribution is -2.30. The predicted molar refractivity (Wildman–Crippen MR) is 71.9 cm³/mol. The Labute approximate surface area is 111 Å². The molecule has 1 atom stereocenters.